The Balaban J connectivity index is 1.62. The van der Waals surface area contributed by atoms with Crippen LogP contribution in [0.2, 0.25) is 0 Å². The van der Waals surface area contributed by atoms with Crippen molar-refractivity contribution in [1.82, 2.24) is 4.90 Å². The molecule has 1 amide bonds. The van der Waals surface area contributed by atoms with E-state index in [1.54, 1.807) is 31.4 Å². The lowest BCUT2D eigenvalue weighted by molar-refractivity contribution is 0.0679. The van der Waals surface area contributed by atoms with Crippen molar-refractivity contribution >= 4 is 15.7 Å². The summed E-state index contributed by atoms with van der Waals surface area (Å²) in [6.45, 7) is 2.30. The van der Waals surface area contributed by atoms with Crippen LogP contribution in [0.15, 0.2) is 97.9 Å². The lowest BCUT2D eigenvalue weighted by Gasteiger charge is -2.21. The maximum atomic E-state index is 13.3. The van der Waals surface area contributed by atoms with Crippen molar-refractivity contribution < 1.29 is 26.8 Å². The second kappa shape index (κ2) is 9.38. The zero-order valence-corrected chi connectivity index (χ0v) is 19.0. The van der Waals surface area contributed by atoms with Gasteiger partial charge in [0.2, 0.25) is 14.9 Å². The van der Waals surface area contributed by atoms with Gasteiger partial charge in [0.15, 0.2) is 5.76 Å². The van der Waals surface area contributed by atoms with E-state index >= 15 is 0 Å². The predicted octanol–water partition coefficient (Wildman–Crippen LogP) is 4.87. The summed E-state index contributed by atoms with van der Waals surface area (Å²) in [5, 5.41) is -0.283. The topological polar surface area (TPSA) is 90.0 Å². The average molecular weight is 466 g/mol. The zero-order chi connectivity index (χ0) is 23.4. The molecule has 0 spiro atoms. The van der Waals surface area contributed by atoms with E-state index in [0.717, 1.165) is 11.1 Å². The number of aryl methyl sites for hydroxylation is 1. The van der Waals surface area contributed by atoms with Crippen LogP contribution in [0.5, 0.6) is 5.75 Å². The number of amides is 1. The van der Waals surface area contributed by atoms with E-state index in [-0.39, 0.29) is 28.8 Å². The summed E-state index contributed by atoms with van der Waals surface area (Å²) >= 11 is 0. The number of carbonyl (C=O) groups excluding carboxylic acids is 1. The summed E-state index contributed by atoms with van der Waals surface area (Å²) in [4.78, 5) is 14.9. The molecular formula is C25H23NO6S. The van der Waals surface area contributed by atoms with Crippen LogP contribution in [0, 0.1) is 6.92 Å². The highest BCUT2D eigenvalue weighted by Crippen LogP contribution is 2.25. The third kappa shape index (κ3) is 5.01. The summed E-state index contributed by atoms with van der Waals surface area (Å²) in [5.41, 5.74) is 1.78. The van der Waals surface area contributed by atoms with Crippen molar-refractivity contribution in [2.45, 2.75) is 30.0 Å². The minimum atomic E-state index is -3.88. The number of hydrogen-bond donors (Lipinski definition) is 0. The Hall–Kier alpha value is -3.78. The van der Waals surface area contributed by atoms with Gasteiger partial charge in [0.25, 0.3) is 5.91 Å². The molecule has 4 rings (SSSR count). The van der Waals surface area contributed by atoms with Gasteiger partial charge in [-0.1, -0.05) is 29.8 Å². The number of ether oxygens (including phenoxy) is 1. The largest absolute Gasteiger partial charge is 0.497 e. The number of nitrogens with zero attached hydrogens (tertiary/aromatic N) is 1. The second-order valence-corrected chi connectivity index (χ2v) is 9.41. The van der Waals surface area contributed by atoms with Crippen molar-refractivity contribution in [2.24, 2.45) is 0 Å². The standard InChI is InChI=1S/C25H23NO6S/c1-18-8-10-22(11-9-18)33(28,29)24-13-12-23(32-24)25(27)26(17-21-7-4-14-31-21)16-19-5-3-6-20(15-19)30-2/h3-15H,16-17H2,1-2H3. The third-order valence-corrected chi connectivity index (χ3v) is 6.75. The Labute approximate surface area is 192 Å². The fourth-order valence-electron chi connectivity index (χ4n) is 3.35. The number of sulfone groups is 1. The molecule has 0 saturated heterocycles. The summed E-state index contributed by atoms with van der Waals surface area (Å²) < 4.78 is 42.1. The van der Waals surface area contributed by atoms with Crippen LogP contribution in [-0.2, 0) is 22.9 Å². The van der Waals surface area contributed by atoms with Crippen molar-refractivity contribution in [2.75, 3.05) is 7.11 Å². The highest BCUT2D eigenvalue weighted by molar-refractivity contribution is 7.91. The number of rotatable bonds is 8. The summed E-state index contributed by atoms with van der Waals surface area (Å²) in [6.07, 6.45) is 1.53. The first-order valence-corrected chi connectivity index (χ1v) is 11.7. The van der Waals surface area contributed by atoms with Crippen molar-refractivity contribution in [3.63, 3.8) is 0 Å². The van der Waals surface area contributed by atoms with Gasteiger partial charge >= 0.3 is 0 Å². The zero-order valence-electron chi connectivity index (χ0n) is 18.2. The van der Waals surface area contributed by atoms with E-state index in [1.165, 1.54) is 35.4 Å². The molecule has 2 aromatic heterocycles. The first-order valence-electron chi connectivity index (χ1n) is 10.2. The van der Waals surface area contributed by atoms with E-state index in [1.807, 2.05) is 31.2 Å². The molecule has 0 N–H and O–H groups in total. The minimum Gasteiger partial charge on any atom is -0.497 e. The van der Waals surface area contributed by atoms with Gasteiger partial charge in [-0.05, 0) is 61.0 Å². The molecule has 0 aliphatic heterocycles. The minimum absolute atomic E-state index is 0.0739. The predicted molar refractivity (Wildman–Crippen MR) is 121 cm³/mol. The van der Waals surface area contributed by atoms with Crippen LogP contribution in [0.3, 0.4) is 0 Å². The first kappa shape index (κ1) is 22.4. The molecule has 2 heterocycles. The molecule has 0 bridgehead atoms. The van der Waals surface area contributed by atoms with E-state index < -0.39 is 15.7 Å². The van der Waals surface area contributed by atoms with Crippen LogP contribution in [0.4, 0.5) is 0 Å². The Kier molecular flexibility index (Phi) is 6.37. The molecule has 7 nitrogen and oxygen atoms in total. The first-order chi connectivity index (χ1) is 15.9. The van der Waals surface area contributed by atoms with E-state index in [9.17, 15) is 13.2 Å². The van der Waals surface area contributed by atoms with Crippen molar-refractivity contribution in [3.8, 4) is 5.75 Å². The summed E-state index contributed by atoms with van der Waals surface area (Å²) in [6, 6.07) is 20.0. The summed E-state index contributed by atoms with van der Waals surface area (Å²) in [5.74, 6) is 0.724. The fourth-order valence-corrected chi connectivity index (χ4v) is 4.52. The lowest BCUT2D eigenvalue weighted by atomic mass is 10.2. The Morgan fingerprint density at radius 3 is 2.45 bits per heavy atom. The third-order valence-electron chi connectivity index (χ3n) is 5.11. The number of carbonyl (C=O) groups is 1. The van der Waals surface area contributed by atoms with Crippen LogP contribution in [0.25, 0.3) is 0 Å². The molecule has 8 heteroatoms. The van der Waals surface area contributed by atoms with Gasteiger partial charge < -0.3 is 18.5 Å². The van der Waals surface area contributed by atoms with Crippen molar-refractivity contribution in [3.05, 3.63) is 102 Å². The number of furan rings is 2. The molecule has 0 atom stereocenters. The van der Waals surface area contributed by atoms with Crippen LogP contribution < -0.4 is 4.74 Å². The highest BCUT2D eigenvalue weighted by atomic mass is 32.2. The smallest absolute Gasteiger partial charge is 0.290 e. The number of methoxy groups -OCH3 is 1. The van der Waals surface area contributed by atoms with E-state index in [2.05, 4.69) is 0 Å². The fraction of sp³-hybridized carbons (Fsp3) is 0.160. The normalized spacial score (nSPS) is 11.3. The van der Waals surface area contributed by atoms with Crippen molar-refractivity contribution in [1.29, 1.82) is 0 Å². The molecule has 4 aromatic rings. The number of hydrogen-bond acceptors (Lipinski definition) is 6. The SMILES string of the molecule is COc1cccc(CN(Cc2ccco2)C(=O)c2ccc(S(=O)(=O)c3ccc(C)cc3)o2)c1. The molecule has 0 saturated carbocycles. The lowest BCUT2D eigenvalue weighted by Crippen LogP contribution is -2.29. The van der Waals surface area contributed by atoms with Gasteiger partial charge in [-0.2, -0.15) is 0 Å². The van der Waals surface area contributed by atoms with Gasteiger partial charge in [0, 0.05) is 6.54 Å². The molecule has 0 fully saturated rings. The van der Waals surface area contributed by atoms with Crippen LogP contribution in [-0.4, -0.2) is 26.3 Å². The second-order valence-electron chi connectivity index (χ2n) is 7.53. The quantitative estimate of drug-likeness (QED) is 0.369. The Morgan fingerprint density at radius 1 is 0.970 bits per heavy atom. The molecule has 0 aliphatic rings. The molecule has 170 valence electrons. The van der Waals surface area contributed by atoms with Gasteiger partial charge in [-0.25, -0.2) is 8.42 Å². The van der Waals surface area contributed by atoms with Crippen LogP contribution >= 0.6 is 0 Å². The Bertz CT molecular complexity index is 1340. The van der Waals surface area contributed by atoms with E-state index in [4.69, 9.17) is 13.6 Å². The van der Waals surface area contributed by atoms with Gasteiger partial charge in [-0.3, -0.25) is 4.79 Å². The molecule has 0 unspecified atom stereocenters. The molecule has 33 heavy (non-hydrogen) atoms. The maximum absolute atomic E-state index is 13.3. The highest BCUT2D eigenvalue weighted by Gasteiger charge is 2.26. The van der Waals surface area contributed by atoms with Gasteiger partial charge in [0.05, 0.1) is 24.8 Å². The Morgan fingerprint density at radius 2 is 1.76 bits per heavy atom. The molecule has 0 aliphatic carbocycles. The van der Waals surface area contributed by atoms with Gasteiger partial charge in [-0.15, -0.1) is 0 Å². The average Bonchev–Trinajstić information content (AvgIpc) is 3.51. The molecule has 2 aromatic carbocycles. The maximum Gasteiger partial charge on any atom is 0.290 e. The summed E-state index contributed by atoms with van der Waals surface area (Å²) in [7, 11) is -2.31. The molecule has 0 radical (unpaired) electrons. The van der Waals surface area contributed by atoms with E-state index in [0.29, 0.717) is 11.5 Å². The molecular weight excluding hydrogens is 442 g/mol. The van der Waals surface area contributed by atoms with Crippen LogP contribution in [0.1, 0.15) is 27.4 Å². The van der Waals surface area contributed by atoms with Gasteiger partial charge in [0.1, 0.15) is 11.5 Å². The monoisotopic (exact) mass is 465 g/mol. The number of benzene rings is 2.